The maximum atomic E-state index is 12.1. The molecule has 1 aliphatic rings. The van der Waals surface area contributed by atoms with Gasteiger partial charge in [0, 0.05) is 6.61 Å². The van der Waals surface area contributed by atoms with Gasteiger partial charge in [-0.15, -0.1) is 0 Å². The molecule has 1 heterocycles. The molecule has 0 amide bonds. The van der Waals surface area contributed by atoms with Gasteiger partial charge in [0.25, 0.3) is 8.32 Å². The van der Waals surface area contributed by atoms with Crippen LogP contribution in [0.5, 0.6) is 0 Å². The first-order valence-corrected chi connectivity index (χ1v) is 16.0. The van der Waals surface area contributed by atoms with Crippen LogP contribution in [0.2, 0.25) is 5.04 Å². The van der Waals surface area contributed by atoms with Crippen molar-refractivity contribution in [2.45, 2.75) is 70.1 Å². The van der Waals surface area contributed by atoms with Gasteiger partial charge in [-0.25, -0.2) is 4.79 Å². The highest BCUT2D eigenvalue weighted by Gasteiger charge is 2.50. The van der Waals surface area contributed by atoms with E-state index in [1.807, 2.05) is 18.2 Å². The fourth-order valence-corrected chi connectivity index (χ4v) is 10.2. The largest absolute Gasteiger partial charge is 0.462 e. The van der Waals surface area contributed by atoms with Crippen molar-refractivity contribution < 1.29 is 18.7 Å². The minimum Gasteiger partial charge on any atom is -0.462 e. The Morgan fingerprint density at radius 1 is 0.846 bits per heavy atom. The molecule has 5 heteroatoms. The van der Waals surface area contributed by atoms with E-state index in [1.54, 1.807) is 12.1 Å². The monoisotopic (exact) mass is 542 g/mol. The molecule has 1 fully saturated rings. The van der Waals surface area contributed by atoms with Gasteiger partial charge in [0.2, 0.25) is 0 Å². The fraction of sp³-hybridized carbons (Fsp3) is 0.382. The molecule has 1 aliphatic heterocycles. The van der Waals surface area contributed by atoms with Crippen LogP contribution < -0.4 is 10.4 Å². The number of esters is 1. The number of benzene rings is 3. The normalized spacial score (nSPS) is 17.8. The highest BCUT2D eigenvalue weighted by Crippen LogP contribution is 2.37. The van der Waals surface area contributed by atoms with Crippen LogP contribution in [0.1, 0.15) is 63.2 Å². The number of hydrogen-bond donors (Lipinski definition) is 0. The molecule has 0 spiro atoms. The summed E-state index contributed by atoms with van der Waals surface area (Å²) >= 11 is 0. The van der Waals surface area contributed by atoms with E-state index in [4.69, 9.17) is 13.9 Å². The molecule has 4 nitrogen and oxygen atoms in total. The molecule has 3 aromatic carbocycles. The van der Waals surface area contributed by atoms with E-state index in [0.717, 1.165) is 37.7 Å². The smallest absolute Gasteiger partial charge is 0.338 e. The fourth-order valence-electron chi connectivity index (χ4n) is 5.63. The van der Waals surface area contributed by atoms with Crippen LogP contribution in [0.25, 0.3) is 0 Å². The Bertz CT molecular complexity index is 1150. The summed E-state index contributed by atoms with van der Waals surface area (Å²) in [6.45, 7) is 12.3. The molecular formula is C34H42O4Si. The second kappa shape index (κ2) is 13.4. The SMILES string of the molecule is C=C1C[C@H](CCCO[Si](c2ccccc2)(c2ccccc2)C(C)(C)C)O[C@H]1CCCOC(=O)c1ccccc1. The highest BCUT2D eigenvalue weighted by molar-refractivity contribution is 6.99. The lowest BCUT2D eigenvalue weighted by Gasteiger charge is -2.43. The lowest BCUT2D eigenvalue weighted by atomic mass is 10.0. The van der Waals surface area contributed by atoms with Gasteiger partial charge in [-0.05, 0) is 65.2 Å². The lowest BCUT2D eigenvalue weighted by molar-refractivity contribution is 0.0304. The third-order valence-corrected chi connectivity index (χ3v) is 12.6. The number of rotatable bonds is 12. The van der Waals surface area contributed by atoms with E-state index in [-0.39, 0.29) is 23.2 Å². The Morgan fingerprint density at radius 2 is 1.38 bits per heavy atom. The Hall–Kier alpha value is -2.99. The number of hydrogen-bond acceptors (Lipinski definition) is 4. The molecule has 2 atom stereocenters. The molecule has 0 bridgehead atoms. The standard InChI is InChI=1S/C34H42O4Si/c1-27-26-29(38-32(27)23-15-24-36-33(35)28-16-8-5-9-17-28)18-14-25-37-39(34(2,3)4,30-19-10-6-11-20-30)31-21-12-7-13-22-31/h5-13,16-17,19-22,29,32H,1,14-15,18,23-26H2,2-4H3/t29-,32-/m0/s1. The first-order chi connectivity index (χ1) is 18.8. The zero-order chi connectivity index (χ0) is 27.7. The molecule has 0 N–H and O–H groups in total. The summed E-state index contributed by atoms with van der Waals surface area (Å²) in [6, 6.07) is 30.7. The molecule has 206 valence electrons. The molecule has 0 unspecified atom stereocenters. The van der Waals surface area contributed by atoms with Crippen LogP contribution in [0.4, 0.5) is 0 Å². The van der Waals surface area contributed by atoms with Gasteiger partial charge in [0.15, 0.2) is 0 Å². The maximum Gasteiger partial charge on any atom is 0.338 e. The van der Waals surface area contributed by atoms with Crippen molar-refractivity contribution in [3.63, 3.8) is 0 Å². The van der Waals surface area contributed by atoms with Crippen LogP contribution in [0.15, 0.2) is 103 Å². The molecule has 3 aromatic rings. The van der Waals surface area contributed by atoms with Crippen LogP contribution in [-0.4, -0.2) is 39.7 Å². The number of carbonyl (C=O) groups is 1. The number of ether oxygens (including phenoxy) is 2. The van der Waals surface area contributed by atoms with Gasteiger partial charge in [0.05, 0.1) is 24.4 Å². The van der Waals surface area contributed by atoms with Gasteiger partial charge in [0.1, 0.15) is 0 Å². The first-order valence-electron chi connectivity index (χ1n) is 14.1. The maximum absolute atomic E-state index is 12.1. The summed E-state index contributed by atoms with van der Waals surface area (Å²) in [4.78, 5) is 12.1. The Morgan fingerprint density at radius 3 is 1.95 bits per heavy atom. The molecule has 39 heavy (non-hydrogen) atoms. The Kier molecular flexibility index (Phi) is 9.95. The minimum atomic E-state index is -2.51. The number of carbonyl (C=O) groups excluding carboxylic acids is 1. The van der Waals surface area contributed by atoms with Crippen LogP contribution in [-0.2, 0) is 13.9 Å². The summed E-state index contributed by atoms with van der Waals surface area (Å²) in [5.41, 5.74) is 1.72. The van der Waals surface area contributed by atoms with Crippen molar-refractivity contribution in [2.75, 3.05) is 13.2 Å². The third kappa shape index (κ3) is 7.16. The van der Waals surface area contributed by atoms with Crippen molar-refractivity contribution >= 4 is 24.7 Å². The summed E-state index contributed by atoms with van der Waals surface area (Å²) < 4.78 is 18.8. The van der Waals surface area contributed by atoms with Crippen LogP contribution >= 0.6 is 0 Å². The average Bonchev–Trinajstić information content (AvgIpc) is 3.30. The van der Waals surface area contributed by atoms with Gasteiger partial charge in [-0.1, -0.05) is 106 Å². The van der Waals surface area contributed by atoms with E-state index >= 15 is 0 Å². The van der Waals surface area contributed by atoms with E-state index in [1.165, 1.54) is 10.4 Å². The summed E-state index contributed by atoms with van der Waals surface area (Å²) in [5.74, 6) is -0.277. The van der Waals surface area contributed by atoms with E-state index in [2.05, 4.69) is 88.0 Å². The zero-order valence-electron chi connectivity index (χ0n) is 23.6. The van der Waals surface area contributed by atoms with Gasteiger partial charge < -0.3 is 13.9 Å². The minimum absolute atomic E-state index is 0.0249. The van der Waals surface area contributed by atoms with Crippen LogP contribution in [0.3, 0.4) is 0 Å². The highest BCUT2D eigenvalue weighted by atomic mass is 28.4. The van der Waals surface area contributed by atoms with Gasteiger partial charge in [-0.3, -0.25) is 0 Å². The molecule has 0 saturated carbocycles. The van der Waals surface area contributed by atoms with E-state index in [0.29, 0.717) is 18.8 Å². The topological polar surface area (TPSA) is 44.8 Å². The van der Waals surface area contributed by atoms with Crippen molar-refractivity contribution in [2.24, 2.45) is 0 Å². The van der Waals surface area contributed by atoms with Crippen molar-refractivity contribution in [1.82, 2.24) is 0 Å². The third-order valence-electron chi connectivity index (χ3n) is 7.56. The molecular weight excluding hydrogens is 500 g/mol. The predicted molar refractivity (Wildman–Crippen MR) is 161 cm³/mol. The van der Waals surface area contributed by atoms with Gasteiger partial charge >= 0.3 is 5.97 Å². The predicted octanol–water partition coefficient (Wildman–Crippen LogP) is 6.69. The molecule has 4 rings (SSSR count). The first kappa shape index (κ1) is 29.0. The van der Waals surface area contributed by atoms with E-state index < -0.39 is 8.32 Å². The molecule has 0 radical (unpaired) electrons. The van der Waals surface area contributed by atoms with E-state index in [9.17, 15) is 4.79 Å². The molecule has 1 saturated heterocycles. The summed E-state index contributed by atoms with van der Waals surface area (Å²) in [5, 5.41) is 2.59. The average molecular weight is 543 g/mol. The summed E-state index contributed by atoms with van der Waals surface area (Å²) in [7, 11) is -2.51. The Balaban J connectivity index is 1.28. The molecule has 0 aliphatic carbocycles. The second-order valence-corrected chi connectivity index (χ2v) is 15.7. The second-order valence-electron chi connectivity index (χ2n) is 11.4. The zero-order valence-corrected chi connectivity index (χ0v) is 24.6. The quantitative estimate of drug-likeness (QED) is 0.111. The lowest BCUT2D eigenvalue weighted by Crippen LogP contribution is -2.66. The summed E-state index contributed by atoms with van der Waals surface area (Å²) in [6.07, 6.45) is 4.52. The van der Waals surface area contributed by atoms with Gasteiger partial charge in [-0.2, -0.15) is 0 Å². The Labute approximate surface area is 235 Å². The van der Waals surface area contributed by atoms with Crippen molar-refractivity contribution in [1.29, 1.82) is 0 Å². The molecule has 0 aromatic heterocycles. The van der Waals surface area contributed by atoms with Crippen LogP contribution in [0, 0.1) is 0 Å². The van der Waals surface area contributed by atoms with Crippen molar-refractivity contribution in [3.8, 4) is 0 Å². The van der Waals surface area contributed by atoms with Crippen molar-refractivity contribution in [3.05, 3.63) is 109 Å².